The lowest BCUT2D eigenvalue weighted by Gasteiger charge is -2.48. The zero-order valence-corrected chi connectivity index (χ0v) is 53.1. The number of nitrogens with one attached hydrogen (secondary N) is 1. The highest BCUT2D eigenvalue weighted by molar-refractivity contribution is 5.76. The second-order valence-electron chi connectivity index (χ2n) is 25.4. The molecule has 19 heteroatoms. The zero-order chi connectivity index (χ0) is 61.9. The van der Waals surface area contributed by atoms with Crippen molar-refractivity contribution in [3.8, 4) is 0 Å². The van der Waals surface area contributed by atoms with Crippen LogP contribution >= 0.6 is 0 Å². The fourth-order valence-corrected chi connectivity index (χ4v) is 12.3. The van der Waals surface area contributed by atoms with E-state index >= 15 is 0 Å². The first-order chi connectivity index (χ1) is 41.3. The first-order valence-electron chi connectivity index (χ1n) is 34.8. The number of hydrogen-bond acceptors (Lipinski definition) is 18. The van der Waals surface area contributed by atoms with Crippen LogP contribution in [0.25, 0.3) is 0 Å². The standard InChI is InChI=1S/C66H127NO18/c1-3-5-7-9-11-13-15-17-19-21-22-23-24-25-26-27-28-30-32-34-36-38-40-42-44-54(72)67-49(50(71)43-41-39-37-35-33-31-29-20-18-16-14-12-10-8-6-4-2)48-80-64-60(78)57(75)62(52(46-69)82-64)85-66-61(79)58(76)63(53(47-70)83-66)84-65-59(77)56(74)55(73)51(45-68)81-65/h49-53,55-66,68-71,73-79H,3-48H2,1-2H3,(H,67,72). The zero-order valence-electron chi connectivity index (χ0n) is 53.1. The van der Waals surface area contributed by atoms with E-state index in [0.717, 1.165) is 44.9 Å². The van der Waals surface area contributed by atoms with Gasteiger partial charge >= 0.3 is 0 Å². The molecule has 19 nitrogen and oxygen atoms in total. The Hall–Kier alpha value is -1.21. The highest BCUT2D eigenvalue weighted by Crippen LogP contribution is 2.33. The van der Waals surface area contributed by atoms with Gasteiger partial charge in [-0.1, -0.05) is 264 Å². The predicted molar refractivity (Wildman–Crippen MR) is 328 cm³/mol. The maximum Gasteiger partial charge on any atom is 0.220 e. The van der Waals surface area contributed by atoms with Gasteiger partial charge in [-0.25, -0.2) is 0 Å². The van der Waals surface area contributed by atoms with Crippen molar-refractivity contribution in [3.05, 3.63) is 0 Å². The average Bonchev–Trinajstić information content (AvgIpc) is 3.62. The molecule has 17 atom stereocenters. The summed E-state index contributed by atoms with van der Waals surface area (Å²) in [6.07, 6.45) is 24.7. The largest absolute Gasteiger partial charge is 0.394 e. The van der Waals surface area contributed by atoms with E-state index in [-0.39, 0.29) is 18.9 Å². The molecule has 0 aromatic carbocycles. The smallest absolute Gasteiger partial charge is 0.220 e. The van der Waals surface area contributed by atoms with E-state index in [4.69, 9.17) is 28.4 Å². The van der Waals surface area contributed by atoms with Gasteiger partial charge in [-0.3, -0.25) is 4.79 Å². The lowest BCUT2D eigenvalue weighted by molar-refractivity contribution is -0.379. The Morgan fingerprint density at radius 3 is 1.02 bits per heavy atom. The van der Waals surface area contributed by atoms with Crippen LogP contribution in [0.3, 0.4) is 0 Å². The van der Waals surface area contributed by atoms with Gasteiger partial charge in [0.2, 0.25) is 5.91 Å². The monoisotopic (exact) mass is 1220 g/mol. The molecule has 504 valence electrons. The Labute approximate surface area is 513 Å². The number of ether oxygens (including phenoxy) is 6. The Balaban J connectivity index is 1.42. The summed E-state index contributed by atoms with van der Waals surface area (Å²) in [5, 5.41) is 121. The van der Waals surface area contributed by atoms with Gasteiger partial charge in [-0.2, -0.15) is 0 Å². The molecule has 3 heterocycles. The van der Waals surface area contributed by atoms with E-state index in [0.29, 0.717) is 12.8 Å². The van der Waals surface area contributed by atoms with Gasteiger partial charge in [0.15, 0.2) is 18.9 Å². The quantitative estimate of drug-likeness (QED) is 0.0253. The third-order valence-electron chi connectivity index (χ3n) is 17.9. The summed E-state index contributed by atoms with van der Waals surface area (Å²) in [4.78, 5) is 13.4. The minimum Gasteiger partial charge on any atom is -0.394 e. The molecule has 12 N–H and O–H groups in total. The molecule has 17 unspecified atom stereocenters. The van der Waals surface area contributed by atoms with Crippen LogP contribution in [0.5, 0.6) is 0 Å². The van der Waals surface area contributed by atoms with E-state index in [1.165, 1.54) is 205 Å². The maximum atomic E-state index is 13.4. The van der Waals surface area contributed by atoms with Crippen molar-refractivity contribution in [3.63, 3.8) is 0 Å². The molecule has 1 amide bonds. The summed E-state index contributed by atoms with van der Waals surface area (Å²) in [6, 6.07) is -0.881. The molecular weight excluding hydrogens is 1090 g/mol. The van der Waals surface area contributed by atoms with Crippen molar-refractivity contribution in [1.82, 2.24) is 5.32 Å². The SMILES string of the molecule is CCCCCCCCCCCCCCCCCCCCCCCCCCC(=O)NC(COC1OC(CO)C(OC2OC(CO)C(OC3OC(CO)C(O)C(O)C3O)C(O)C2O)C(O)C1O)C(O)CCCCCCCCCCCCCCCCCC. The fourth-order valence-electron chi connectivity index (χ4n) is 12.3. The minimum absolute atomic E-state index is 0.236. The van der Waals surface area contributed by atoms with Crippen molar-refractivity contribution in [2.45, 2.75) is 388 Å². The Morgan fingerprint density at radius 2 is 0.671 bits per heavy atom. The van der Waals surface area contributed by atoms with Gasteiger partial charge in [-0.15, -0.1) is 0 Å². The number of aliphatic hydroxyl groups excluding tert-OH is 11. The van der Waals surface area contributed by atoms with E-state index in [9.17, 15) is 61.0 Å². The lowest BCUT2D eigenvalue weighted by atomic mass is 9.96. The lowest BCUT2D eigenvalue weighted by Crippen LogP contribution is -2.66. The Bertz CT molecular complexity index is 1550. The highest BCUT2D eigenvalue weighted by Gasteiger charge is 2.53. The van der Waals surface area contributed by atoms with Gasteiger partial charge in [0.25, 0.3) is 0 Å². The number of amides is 1. The minimum atomic E-state index is -1.97. The highest BCUT2D eigenvalue weighted by atomic mass is 16.8. The van der Waals surface area contributed by atoms with Gasteiger partial charge in [0, 0.05) is 6.42 Å². The summed E-state index contributed by atoms with van der Waals surface area (Å²) >= 11 is 0. The number of carbonyl (C=O) groups excluding carboxylic acids is 1. The number of hydrogen-bond donors (Lipinski definition) is 12. The number of aliphatic hydroxyl groups is 11. The molecule has 0 saturated carbocycles. The first-order valence-corrected chi connectivity index (χ1v) is 34.8. The average molecular weight is 1220 g/mol. The Morgan fingerprint density at radius 1 is 0.376 bits per heavy atom. The molecule has 0 spiro atoms. The normalized spacial score (nSPS) is 28.9. The molecule has 3 saturated heterocycles. The molecule has 0 aromatic heterocycles. The summed E-state index contributed by atoms with van der Waals surface area (Å²) < 4.78 is 34.4. The van der Waals surface area contributed by atoms with Crippen molar-refractivity contribution in [1.29, 1.82) is 0 Å². The third kappa shape index (κ3) is 32.1. The van der Waals surface area contributed by atoms with Crippen LogP contribution in [0.15, 0.2) is 0 Å². The van der Waals surface area contributed by atoms with Gasteiger partial charge in [-0.05, 0) is 12.8 Å². The van der Waals surface area contributed by atoms with E-state index in [1.807, 2.05) is 0 Å². The van der Waals surface area contributed by atoms with Gasteiger partial charge in [0.05, 0.1) is 38.6 Å². The fraction of sp³-hybridized carbons (Fsp3) is 0.985. The maximum absolute atomic E-state index is 13.4. The van der Waals surface area contributed by atoms with Crippen LogP contribution in [0.2, 0.25) is 0 Å². The predicted octanol–water partition coefficient (Wildman–Crippen LogP) is 8.72. The molecular formula is C66H127NO18. The Kier molecular flexibility index (Phi) is 45.4. The molecule has 85 heavy (non-hydrogen) atoms. The second kappa shape index (κ2) is 49.5. The van der Waals surface area contributed by atoms with Crippen molar-refractivity contribution in [2.24, 2.45) is 0 Å². The van der Waals surface area contributed by atoms with Crippen LogP contribution in [-0.2, 0) is 33.2 Å². The molecule has 3 rings (SSSR count). The van der Waals surface area contributed by atoms with E-state index < -0.39 is 124 Å². The topological polar surface area (TPSA) is 307 Å². The molecule has 0 radical (unpaired) electrons. The third-order valence-corrected chi connectivity index (χ3v) is 17.9. The second-order valence-corrected chi connectivity index (χ2v) is 25.4. The molecule has 0 aromatic rings. The summed E-state index contributed by atoms with van der Waals surface area (Å²) in [5.41, 5.74) is 0. The summed E-state index contributed by atoms with van der Waals surface area (Å²) in [7, 11) is 0. The van der Waals surface area contributed by atoms with Crippen molar-refractivity contribution >= 4 is 5.91 Å². The number of rotatable bonds is 54. The van der Waals surface area contributed by atoms with Crippen LogP contribution in [-0.4, -0.2) is 193 Å². The number of carbonyl (C=O) groups is 1. The van der Waals surface area contributed by atoms with Crippen LogP contribution in [0, 0.1) is 0 Å². The number of unbranched alkanes of at least 4 members (excludes halogenated alkanes) is 38. The summed E-state index contributed by atoms with van der Waals surface area (Å²) in [5.74, 6) is -0.236. The summed E-state index contributed by atoms with van der Waals surface area (Å²) in [6.45, 7) is 1.84. The van der Waals surface area contributed by atoms with E-state index in [2.05, 4.69) is 19.2 Å². The molecule has 3 aliphatic heterocycles. The first kappa shape index (κ1) is 78.0. The molecule has 0 bridgehead atoms. The van der Waals surface area contributed by atoms with Crippen molar-refractivity contribution in [2.75, 3.05) is 26.4 Å². The molecule has 3 fully saturated rings. The van der Waals surface area contributed by atoms with Crippen molar-refractivity contribution < 1.29 is 89.4 Å². The van der Waals surface area contributed by atoms with Crippen LogP contribution in [0.1, 0.15) is 284 Å². The van der Waals surface area contributed by atoms with Gasteiger partial charge in [0.1, 0.15) is 73.2 Å². The van der Waals surface area contributed by atoms with Crippen LogP contribution < -0.4 is 5.32 Å². The van der Waals surface area contributed by atoms with Gasteiger partial charge < -0.3 is 89.9 Å². The molecule has 0 aliphatic carbocycles. The van der Waals surface area contributed by atoms with E-state index in [1.54, 1.807) is 0 Å². The van der Waals surface area contributed by atoms with Crippen LogP contribution in [0.4, 0.5) is 0 Å². The molecule has 3 aliphatic rings.